The van der Waals surface area contributed by atoms with E-state index < -0.39 is 0 Å². The molecule has 0 spiro atoms. The summed E-state index contributed by atoms with van der Waals surface area (Å²) in [5.74, 6) is 0. The average Bonchev–Trinajstić information content (AvgIpc) is 2.81. The molecule has 5 heteroatoms. The Labute approximate surface area is 165 Å². The van der Waals surface area contributed by atoms with Crippen LogP contribution < -0.4 is 5.46 Å². The summed E-state index contributed by atoms with van der Waals surface area (Å²) in [6, 6.07) is 7.24. The zero-order valence-electron chi connectivity index (χ0n) is 18.4. The lowest BCUT2D eigenvalue weighted by atomic mass is 9.74. The molecular weight excluding hydrogens is 337 g/mol. The van der Waals surface area contributed by atoms with Gasteiger partial charge in [-0.15, -0.1) is 0 Å². The van der Waals surface area contributed by atoms with Gasteiger partial charge in [-0.05, 0) is 56.6 Å². The molecule has 1 unspecified atom stereocenters. The molecule has 1 atom stereocenters. The third-order valence-corrected chi connectivity index (χ3v) is 6.44. The second-order valence-corrected chi connectivity index (χ2v) is 10.1. The molecule has 2 aliphatic heterocycles. The minimum absolute atomic E-state index is 0.0686. The van der Waals surface area contributed by atoms with Gasteiger partial charge in [-0.3, -0.25) is 4.90 Å². The van der Waals surface area contributed by atoms with E-state index in [1.54, 1.807) is 0 Å². The highest BCUT2D eigenvalue weighted by atomic mass is 16.7. The third kappa shape index (κ3) is 4.27. The summed E-state index contributed by atoms with van der Waals surface area (Å²) in [7, 11) is -0.326. The minimum Gasteiger partial charge on any atom is -0.399 e. The van der Waals surface area contributed by atoms with Crippen LogP contribution in [-0.4, -0.2) is 49.5 Å². The first-order valence-corrected chi connectivity index (χ1v) is 10.2. The molecular formula is C22H36BNO3. The average molecular weight is 373 g/mol. The van der Waals surface area contributed by atoms with Crippen molar-refractivity contribution in [3.8, 4) is 0 Å². The molecule has 2 aliphatic rings. The summed E-state index contributed by atoms with van der Waals surface area (Å²) in [5, 5.41) is 0. The monoisotopic (exact) mass is 373 g/mol. The van der Waals surface area contributed by atoms with Crippen LogP contribution in [0.2, 0.25) is 0 Å². The third-order valence-electron chi connectivity index (χ3n) is 6.44. The predicted molar refractivity (Wildman–Crippen MR) is 112 cm³/mol. The number of nitrogens with zero attached hydrogens (tertiary/aromatic N) is 1. The van der Waals surface area contributed by atoms with E-state index in [-0.39, 0.29) is 23.7 Å². The number of hydrogen-bond acceptors (Lipinski definition) is 4. The van der Waals surface area contributed by atoms with E-state index in [1.807, 2.05) is 0 Å². The number of rotatable bonds is 3. The zero-order valence-corrected chi connectivity index (χ0v) is 18.4. The maximum Gasteiger partial charge on any atom is 0.494 e. The van der Waals surface area contributed by atoms with Gasteiger partial charge in [0.2, 0.25) is 0 Å². The minimum atomic E-state index is -0.328. The van der Waals surface area contributed by atoms with Crippen LogP contribution >= 0.6 is 0 Å². The van der Waals surface area contributed by atoms with Gasteiger partial charge < -0.3 is 14.0 Å². The smallest absolute Gasteiger partial charge is 0.399 e. The SMILES string of the molecule is CC(c1cc(B2OC(C)(C)C(C)(C)O2)cc(C(C)(C)C)c1)N1CCOCC1. The van der Waals surface area contributed by atoms with Gasteiger partial charge in [0.1, 0.15) is 0 Å². The fraction of sp³-hybridized carbons (Fsp3) is 0.727. The molecule has 27 heavy (non-hydrogen) atoms. The van der Waals surface area contributed by atoms with Crippen LogP contribution in [-0.2, 0) is 19.5 Å². The standard InChI is InChI=1S/C22H36BNO3/c1-16(24-9-11-25-12-10-24)17-13-18(20(2,3)4)15-19(14-17)23-26-21(5,6)22(7,8)27-23/h13-16H,9-12H2,1-8H3. The second kappa shape index (κ2) is 7.18. The summed E-state index contributed by atoms with van der Waals surface area (Å²) in [5.41, 5.74) is 3.19. The Morgan fingerprint density at radius 2 is 1.52 bits per heavy atom. The van der Waals surface area contributed by atoms with Gasteiger partial charge >= 0.3 is 7.12 Å². The first kappa shape index (κ1) is 20.8. The van der Waals surface area contributed by atoms with E-state index in [0.29, 0.717) is 6.04 Å². The Morgan fingerprint density at radius 3 is 2.04 bits per heavy atom. The van der Waals surface area contributed by atoms with Crippen molar-refractivity contribution in [1.29, 1.82) is 0 Å². The zero-order chi connectivity index (χ0) is 20.0. The van der Waals surface area contributed by atoms with Crippen molar-refractivity contribution in [3.05, 3.63) is 29.3 Å². The van der Waals surface area contributed by atoms with E-state index in [2.05, 4.69) is 78.5 Å². The van der Waals surface area contributed by atoms with Crippen molar-refractivity contribution in [3.63, 3.8) is 0 Å². The molecule has 0 aromatic heterocycles. The van der Waals surface area contributed by atoms with E-state index in [4.69, 9.17) is 14.0 Å². The van der Waals surface area contributed by atoms with Crippen molar-refractivity contribution in [2.45, 2.75) is 78.0 Å². The number of ether oxygens (including phenoxy) is 1. The molecule has 2 heterocycles. The van der Waals surface area contributed by atoms with Crippen LogP contribution in [0.5, 0.6) is 0 Å². The summed E-state index contributed by atoms with van der Waals surface area (Å²) in [6.45, 7) is 21.1. The summed E-state index contributed by atoms with van der Waals surface area (Å²) < 4.78 is 18.2. The van der Waals surface area contributed by atoms with E-state index in [1.165, 1.54) is 11.1 Å². The van der Waals surface area contributed by atoms with Crippen molar-refractivity contribution in [2.75, 3.05) is 26.3 Å². The molecule has 0 bridgehead atoms. The van der Waals surface area contributed by atoms with Crippen molar-refractivity contribution >= 4 is 12.6 Å². The highest BCUT2D eigenvalue weighted by Gasteiger charge is 2.51. The van der Waals surface area contributed by atoms with E-state index in [0.717, 1.165) is 31.8 Å². The molecule has 1 aromatic rings. The van der Waals surface area contributed by atoms with Crippen LogP contribution in [0.15, 0.2) is 18.2 Å². The number of benzene rings is 1. The fourth-order valence-electron chi connectivity index (χ4n) is 3.64. The van der Waals surface area contributed by atoms with E-state index in [9.17, 15) is 0 Å². The van der Waals surface area contributed by atoms with Crippen LogP contribution in [0, 0.1) is 0 Å². The normalized spacial score (nSPS) is 24.2. The van der Waals surface area contributed by atoms with Gasteiger partial charge in [-0.2, -0.15) is 0 Å². The molecule has 0 N–H and O–H groups in total. The molecule has 150 valence electrons. The topological polar surface area (TPSA) is 30.9 Å². The largest absolute Gasteiger partial charge is 0.494 e. The Balaban J connectivity index is 1.97. The lowest BCUT2D eigenvalue weighted by Crippen LogP contribution is -2.41. The molecule has 2 fully saturated rings. The molecule has 4 nitrogen and oxygen atoms in total. The van der Waals surface area contributed by atoms with Gasteiger partial charge in [-0.25, -0.2) is 0 Å². The molecule has 1 aromatic carbocycles. The van der Waals surface area contributed by atoms with Gasteiger partial charge in [0.15, 0.2) is 0 Å². The van der Waals surface area contributed by atoms with Crippen LogP contribution in [0.1, 0.15) is 72.6 Å². The van der Waals surface area contributed by atoms with Gasteiger partial charge in [-0.1, -0.05) is 39.0 Å². The predicted octanol–water partition coefficient (Wildman–Crippen LogP) is 3.68. The van der Waals surface area contributed by atoms with E-state index >= 15 is 0 Å². The highest BCUT2D eigenvalue weighted by molar-refractivity contribution is 6.62. The maximum absolute atomic E-state index is 6.34. The van der Waals surface area contributed by atoms with Crippen LogP contribution in [0.4, 0.5) is 0 Å². The van der Waals surface area contributed by atoms with Crippen LogP contribution in [0.3, 0.4) is 0 Å². The quantitative estimate of drug-likeness (QED) is 0.757. The fourth-order valence-corrected chi connectivity index (χ4v) is 3.64. The first-order chi connectivity index (χ1) is 12.4. The van der Waals surface area contributed by atoms with Crippen LogP contribution in [0.25, 0.3) is 0 Å². The molecule has 0 radical (unpaired) electrons. The second-order valence-electron chi connectivity index (χ2n) is 10.1. The van der Waals surface area contributed by atoms with Crippen molar-refractivity contribution < 1.29 is 14.0 Å². The van der Waals surface area contributed by atoms with Crippen molar-refractivity contribution in [1.82, 2.24) is 4.90 Å². The van der Waals surface area contributed by atoms with Crippen molar-refractivity contribution in [2.24, 2.45) is 0 Å². The Kier molecular flexibility index (Phi) is 5.55. The number of morpholine rings is 1. The lowest BCUT2D eigenvalue weighted by molar-refractivity contribution is 0.00578. The lowest BCUT2D eigenvalue weighted by Gasteiger charge is -2.33. The molecule has 0 amide bonds. The molecule has 0 saturated carbocycles. The first-order valence-electron chi connectivity index (χ1n) is 10.2. The summed E-state index contributed by atoms with van der Waals surface area (Å²) in [4.78, 5) is 2.50. The Bertz CT molecular complexity index is 659. The molecule has 0 aliphatic carbocycles. The Morgan fingerprint density at radius 1 is 0.963 bits per heavy atom. The summed E-state index contributed by atoms with van der Waals surface area (Å²) >= 11 is 0. The summed E-state index contributed by atoms with van der Waals surface area (Å²) in [6.07, 6.45) is 0. The van der Waals surface area contributed by atoms with Gasteiger partial charge in [0.25, 0.3) is 0 Å². The molecule has 3 rings (SSSR count). The maximum atomic E-state index is 6.34. The van der Waals surface area contributed by atoms with Gasteiger partial charge in [0.05, 0.1) is 24.4 Å². The van der Waals surface area contributed by atoms with Gasteiger partial charge in [0, 0.05) is 19.1 Å². The highest BCUT2D eigenvalue weighted by Crippen LogP contribution is 2.37. The number of hydrogen-bond donors (Lipinski definition) is 0. The molecule has 2 saturated heterocycles. The Hall–Kier alpha value is -0.875.